The molecule has 0 radical (unpaired) electrons. The van der Waals surface area contributed by atoms with E-state index in [0.717, 1.165) is 5.39 Å². The summed E-state index contributed by atoms with van der Waals surface area (Å²) in [5.41, 5.74) is 0.722. The number of anilines is 1. The van der Waals surface area contributed by atoms with Gasteiger partial charge in [-0.15, -0.1) is 0 Å². The number of aromatic nitrogens is 3. The van der Waals surface area contributed by atoms with Crippen LogP contribution in [-0.4, -0.2) is 31.7 Å². The van der Waals surface area contributed by atoms with Crippen molar-refractivity contribution in [2.45, 2.75) is 39.2 Å². The van der Waals surface area contributed by atoms with Crippen LogP contribution < -0.4 is 5.32 Å². The van der Waals surface area contributed by atoms with E-state index in [2.05, 4.69) is 20.4 Å². The Morgan fingerprint density at radius 3 is 2.89 bits per heavy atom. The summed E-state index contributed by atoms with van der Waals surface area (Å²) >= 11 is 0. The van der Waals surface area contributed by atoms with Gasteiger partial charge in [0.05, 0.1) is 5.69 Å². The molecule has 0 fully saturated rings. The van der Waals surface area contributed by atoms with Crippen LogP contribution in [0.3, 0.4) is 0 Å². The van der Waals surface area contributed by atoms with E-state index < -0.39 is 11.5 Å². The molecule has 7 heteroatoms. The molecule has 2 aromatic heterocycles. The molecule has 2 heterocycles. The van der Waals surface area contributed by atoms with Crippen LogP contribution in [0.5, 0.6) is 0 Å². The molecule has 102 valence electrons. The van der Waals surface area contributed by atoms with E-state index >= 15 is 0 Å². The molecule has 0 spiro atoms. The number of aliphatic carboxylic acids is 1. The van der Waals surface area contributed by atoms with E-state index in [1.165, 1.54) is 6.33 Å². The molecule has 0 aliphatic rings. The SMILES string of the molecule is Cc1noc2ncnc(NC(C)(C)CCC(=O)O)c12. The summed E-state index contributed by atoms with van der Waals surface area (Å²) < 4.78 is 5.07. The predicted octanol–water partition coefficient (Wildman–Crippen LogP) is 1.98. The van der Waals surface area contributed by atoms with Gasteiger partial charge in [-0.3, -0.25) is 4.79 Å². The van der Waals surface area contributed by atoms with Gasteiger partial charge in [-0.25, -0.2) is 4.98 Å². The third-order valence-electron chi connectivity index (χ3n) is 2.86. The fourth-order valence-corrected chi connectivity index (χ4v) is 1.82. The topological polar surface area (TPSA) is 101 Å². The second-order valence-electron chi connectivity index (χ2n) is 5.07. The van der Waals surface area contributed by atoms with Crippen LogP contribution in [0.1, 0.15) is 32.4 Å². The highest BCUT2D eigenvalue weighted by Gasteiger charge is 2.22. The minimum atomic E-state index is -0.816. The van der Waals surface area contributed by atoms with E-state index in [-0.39, 0.29) is 6.42 Å². The first kappa shape index (κ1) is 13.3. The van der Waals surface area contributed by atoms with Crippen molar-refractivity contribution in [3.8, 4) is 0 Å². The van der Waals surface area contributed by atoms with Gasteiger partial charge in [0.25, 0.3) is 5.71 Å². The number of hydrogen-bond donors (Lipinski definition) is 2. The van der Waals surface area contributed by atoms with Crippen molar-refractivity contribution in [1.82, 2.24) is 15.1 Å². The van der Waals surface area contributed by atoms with Crippen molar-refractivity contribution in [2.24, 2.45) is 0 Å². The van der Waals surface area contributed by atoms with Gasteiger partial charge in [0.1, 0.15) is 17.5 Å². The monoisotopic (exact) mass is 264 g/mol. The molecule has 0 saturated carbocycles. The molecular formula is C12H16N4O3. The van der Waals surface area contributed by atoms with Crippen LogP contribution in [0, 0.1) is 6.92 Å². The smallest absolute Gasteiger partial charge is 0.303 e. The molecule has 0 atom stereocenters. The van der Waals surface area contributed by atoms with Crippen LogP contribution in [0.15, 0.2) is 10.9 Å². The molecule has 0 unspecified atom stereocenters. The summed E-state index contributed by atoms with van der Waals surface area (Å²) in [7, 11) is 0. The Balaban J connectivity index is 2.25. The third-order valence-corrected chi connectivity index (χ3v) is 2.86. The molecule has 19 heavy (non-hydrogen) atoms. The summed E-state index contributed by atoms with van der Waals surface area (Å²) in [6.45, 7) is 5.66. The Morgan fingerprint density at radius 2 is 2.21 bits per heavy atom. The minimum absolute atomic E-state index is 0.0941. The van der Waals surface area contributed by atoms with Crippen molar-refractivity contribution in [2.75, 3.05) is 5.32 Å². The highest BCUT2D eigenvalue weighted by atomic mass is 16.5. The number of carbonyl (C=O) groups is 1. The highest BCUT2D eigenvalue weighted by molar-refractivity contribution is 5.87. The van der Waals surface area contributed by atoms with Gasteiger partial charge in [0, 0.05) is 12.0 Å². The van der Waals surface area contributed by atoms with Gasteiger partial charge in [-0.1, -0.05) is 5.16 Å². The molecule has 0 saturated heterocycles. The first-order valence-corrected chi connectivity index (χ1v) is 5.96. The molecular weight excluding hydrogens is 248 g/mol. The number of rotatable bonds is 5. The van der Waals surface area contributed by atoms with E-state index in [0.29, 0.717) is 23.6 Å². The quantitative estimate of drug-likeness (QED) is 0.851. The fraction of sp³-hybridized carbons (Fsp3) is 0.500. The summed E-state index contributed by atoms with van der Waals surface area (Å²) in [4.78, 5) is 18.8. The van der Waals surface area contributed by atoms with Crippen molar-refractivity contribution >= 4 is 22.9 Å². The van der Waals surface area contributed by atoms with Crippen molar-refractivity contribution in [3.63, 3.8) is 0 Å². The summed E-state index contributed by atoms with van der Waals surface area (Å²) in [5, 5.41) is 16.6. The number of carboxylic acids is 1. The zero-order chi connectivity index (χ0) is 14.0. The number of carboxylic acid groups (broad SMARTS) is 1. The maximum absolute atomic E-state index is 10.6. The Hall–Kier alpha value is -2.18. The summed E-state index contributed by atoms with van der Waals surface area (Å²) in [5.74, 6) is -0.206. The second kappa shape index (κ2) is 4.83. The number of nitrogens with zero attached hydrogens (tertiary/aromatic N) is 3. The van der Waals surface area contributed by atoms with Crippen molar-refractivity contribution in [1.29, 1.82) is 0 Å². The number of aryl methyl sites for hydroxylation is 1. The average Bonchev–Trinajstić information content (AvgIpc) is 2.70. The normalized spacial score (nSPS) is 11.7. The Labute approximate surface area is 110 Å². The highest BCUT2D eigenvalue weighted by Crippen LogP contribution is 2.26. The van der Waals surface area contributed by atoms with Gasteiger partial charge in [-0.05, 0) is 27.2 Å². The lowest BCUT2D eigenvalue weighted by Gasteiger charge is -2.26. The van der Waals surface area contributed by atoms with E-state index in [4.69, 9.17) is 9.63 Å². The van der Waals surface area contributed by atoms with Crippen molar-refractivity contribution < 1.29 is 14.4 Å². The molecule has 7 nitrogen and oxygen atoms in total. The molecule has 2 rings (SSSR count). The lowest BCUT2D eigenvalue weighted by molar-refractivity contribution is -0.137. The largest absolute Gasteiger partial charge is 0.481 e. The molecule has 2 N–H and O–H groups in total. The molecule has 0 aliphatic carbocycles. The van der Waals surface area contributed by atoms with Gasteiger partial charge in [0.2, 0.25) is 0 Å². The van der Waals surface area contributed by atoms with Crippen LogP contribution in [-0.2, 0) is 4.79 Å². The van der Waals surface area contributed by atoms with Crippen LogP contribution in [0.4, 0.5) is 5.82 Å². The molecule has 0 aliphatic heterocycles. The summed E-state index contributed by atoms with van der Waals surface area (Å²) in [6, 6.07) is 0. The maximum Gasteiger partial charge on any atom is 0.303 e. The Kier molecular flexibility index (Phi) is 3.37. The fourth-order valence-electron chi connectivity index (χ4n) is 1.82. The zero-order valence-corrected chi connectivity index (χ0v) is 11.1. The lowest BCUT2D eigenvalue weighted by Crippen LogP contribution is -2.32. The van der Waals surface area contributed by atoms with Crippen LogP contribution >= 0.6 is 0 Å². The van der Waals surface area contributed by atoms with Gasteiger partial charge >= 0.3 is 5.97 Å². The number of nitrogens with one attached hydrogen (secondary N) is 1. The maximum atomic E-state index is 10.6. The third kappa shape index (κ3) is 2.98. The average molecular weight is 264 g/mol. The zero-order valence-electron chi connectivity index (χ0n) is 11.1. The van der Waals surface area contributed by atoms with Crippen molar-refractivity contribution in [3.05, 3.63) is 12.0 Å². The lowest BCUT2D eigenvalue weighted by atomic mass is 9.98. The van der Waals surface area contributed by atoms with Crippen LogP contribution in [0.25, 0.3) is 11.1 Å². The van der Waals surface area contributed by atoms with Crippen LogP contribution in [0.2, 0.25) is 0 Å². The molecule has 0 bridgehead atoms. The standard InChI is InChI=1S/C12H16N4O3/c1-7-9-10(13-6-14-11(9)19-16-7)15-12(2,3)5-4-8(17)18/h6H,4-5H2,1-3H3,(H,17,18)(H,13,14,15). The van der Waals surface area contributed by atoms with Gasteiger partial charge < -0.3 is 14.9 Å². The molecule has 0 amide bonds. The van der Waals surface area contributed by atoms with E-state index in [9.17, 15) is 4.79 Å². The minimum Gasteiger partial charge on any atom is -0.481 e. The first-order valence-electron chi connectivity index (χ1n) is 5.96. The Bertz CT molecular complexity index is 606. The second-order valence-corrected chi connectivity index (χ2v) is 5.07. The van der Waals surface area contributed by atoms with Gasteiger partial charge in [0.15, 0.2) is 0 Å². The molecule has 0 aromatic carbocycles. The summed E-state index contributed by atoms with van der Waals surface area (Å²) in [6.07, 6.45) is 1.97. The predicted molar refractivity (Wildman–Crippen MR) is 68.9 cm³/mol. The Morgan fingerprint density at radius 1 is 1.47 bits per heavy atom. The van der Waals surface area contributed by atoms with E-state index in [1.807, 2.05) is 20.8 Å². The molecule has 2 aromatic rings. The van der Waals surface area contributed by atoms with E-state index in [1.54, 1.807) is 0 Å². The number of fused-ring (bicyclic) bond motifs is 1. The number of hydrogen-bond acceptors (Lipinski definition) is 6. The first-order chi connectivity index (χ1) is 8.89. The van der Waals surface area contributed by atoms with Gasteiger partial charge in [-0.2, -0.15) is 4.98 Å².